The first-order valence-electron chi connectivity index (χ1n) is 9.46. The van der Waals surface area contributed by atoms with E-state index in [0.717, 1.165) is 16.7 Å². The van der Waals surface area contributed by atoms with Gasteiger partial charge in [-0.15, -0.1) is 0 Å². The normalized spacial score (nSPS) is 18.3. The van der Waals surface area contributed by atoms with Crippen molar-refractivity contribution in [2.24, 2.45) is 0 Å². The van der Waals surface area contributed by atoms with Gasteiger partial charge in [0.1, 0.15) is 17.2 Å². The predicted molar refractivity (Wildman–Crippen MR) is 111 cm³/mol. The molecule has 1 heterocycles. The van der Waals surface area contributed by atoms with Gasteiger partial charge in [0.2, 0.25) is 5.91 Å². The standard InChI is InChI=1S/C24H21FN2O2/c1-24(29-22-11-13-26-21-10-3-2-9-20(21)22)12-5-7-18(15-24)23(28)27-16-17-6-4-8-19(25)14-17/h2-14H,15-16H2,1H3,(H,27,28). The van der Waals surface area contributed by atoms with Crippen LogP contribution in [0.3, 0.4) is 0 Å². The number of hydrogen-bond acceptors (Lipinski definition) is 3. The number of amides is 1. The van der Waals surface area contributed by atoms with Crippen molar-refractivity contribution in [3.8, 4) is 5.75 Å². The van der Waals surface area contributed by atoms with Gasteiger partial charge in [-0.1, -0.05) is 36.4 Å². The molecule has 1 aromatic heterocycles. The zero-order valence-electron chi connectivity index (χ0n) is 16.1. The van der Waals surface area contributed by atoms with Crippen molar-refractivity contribution >= 4 is 16.8 Å². The maximum Gasteiger partial charge on any atom is 0.247 e. The summed E-state index contributed by atoms with van der Waals surface area (Å²) in [4.78, 5) is 17.0. The fraction of sp³-hybridized carbons (Fsp3) is 0.167. The van der Waals surface area contributed by atoms with Crippen molar-refractivity contribution in [1.29, 1.82) is 0 Å². The molecular formula is C24H21FN2O2. The van der Waals surface area contributed by atoms with E-state index in [9.17, 15) is 9.18 Å². The van der Waals surface area contributed by atoms with Gasteiger partial charge in [0.05, 0.1) is 5.52 Å². The summed E-state index contributed by atoms with van der Waals surface area (Å²) in [6, 6.07) is 15.8. The maximum atomic E-state index is 13.3. The lowest BCUT2D eigenvalue weighted by Crippen LogP contribution is -2.36. The molecule has 2 aromatic carbocycles. The van der Waals surface area contributed by atoms with Gasteiger partial charge in [-0.2, -0.15) is 0 Å². The van der Waals surface area contributed by atoms with E-state index >= 15 is 0 Å². The number of hydrogen-bond donors (Lipinski definition) is 1. The molecule has 1 unspecified atom stereocenters. The molecule has 5 heteroatoms. The Balaban J connectivity index is 1.46. The van der Waals surface area contributed by atoms with Crippen molar-refractivity contribution in [2.75, 3.05) is 0 Å². The molecule has 1 aliphatic rings. The van der Waals surface area contributed by atoms with E-state index in [0.29, 0.717) is 17.6 Å². The highest BCUT2D eigenvalue weighted by atomic mass is 19.1. The lowest BCUT2D eigenvalue weighted by Gasteiger charge is -2.31. The van der Waals surface area contributed by atoms with E-state index in [1.54, 1.807) is 24.4 Å². The molecule has 0 aliphatic heterocycles. The Morgan fingerprint density at radius 2 is 2.07 bits per heavy atom. The summed E-state index contributed by atoms with van der Waals surface area (Å²) < 4.78 is 19.6. The predicted octanol–water partition coefficient (Wildman–Crippen LogP) is 4.71. The summed E-state index contributed by atoms with van der Waals surface area (Å²) in [6.45, 7) is 2.22. The van der Waals surface area contributed by atoms with E-state index < -0.39 is 5.60 Å². The Bertz CT molecular complexity index is 1120. The number of nitrogens with one attached hydrogen (secondary N) is 1. The number of halogens is 1. The third-order valence-electron chi connectivity index (χ3n) is 4.87. The summed E-state index contributed by atoms with van der Waals surface area (Å²) in [5, 5.41) is 3.78. The van der Waals surface area contributed by atoms with E-state index in [1.165, 1.54) is 12.1 Å². The van der Waals surface area contributed by atoms with Gasteiger partial charge in [0.25, 0.3) is 0 Å². The molecule has 1 amide bonds. The lowest BCUT2D eigenvalue weighted by atomic mass is 9.90. The van der Waals surface area contributed by atoms with Gasteiger partial charge in [0.15, 0.2) is 0 Å². The lowest BCUT2D eigenvalue weighted by molar-refractivity contribution is -0.118. The van der Waals surface area contributed by atoms with Gasteiger partial charge in [0, 0.05) is 30.1 Å². The van der Waals surface area contributed by atoms with Crippen LogP contribution in [0.2, 0.25) is 0 Å². The van der Waals surface area contributed by atoms with E-state index in [2.05, 4.69) is 10.3 Å². The average Bonchev–Trinajstić information content (AvgIpc) is 2.72. The largest absolute Gasteiger partial charge is 0.482 e. The topological polar surface area (TPSA) is 51.2 Å². The number of carbonyl (C=O) groups excluding carboxylic acids is 1. The molecule has 4 rings (SSSR count). The summed E-state index contributed by atoms with van der Waals surface area (Å²) in [5.74, 6) is 0.222. The highest BCUT2D eigenvalue weighted by Gasteiger charge is 2.30. The van der Waals surface area contributed by atoms with E-state index in [4.69, 9.17) is 4.74 Å². The minimum Gasteiger partial charge on any atom is -0.482 e. The Hall–Kier alpha value is -3.47. The molecule has 146 valence electrons. The van der Waals surface area contributed by atoms with Gasteiger partial charge < -0.3 is 10.1 Å². The number of rotatable bonds is 5. The SMILES string of the molecule is CC1(Oc2ccnc3ccccc23)C=CC=C(C(=O)NCc2cccc(F)c2)C1. The second-order valence-electron chi connectivity index (χ2n) is 7.28. The number of pyridine rings is 1. The average molecular weight is 388 g/mol. The molecule has 0 spiro atoms. The Labute approximate surface area is 168 Å². The highest BCUT2D eigenvalue weighted by molar-refractivity contribution is 5.94. The first-order chi connectivity index (χ1) is 14.0. The highest BCUT2D eigenvalue weighted by Crippen LogP contribution is 2.32. The Kier molecular flexibility index (Phi) is 5.12. The van der Waals surface area contributed by atoms with Gasteiger partial charge in [-0.25, -0.2) is 4.39 Å². The van der Waals surface area contributed by atoms with E-state index in [-0.39, 0.29) is 18.3 Å². The van der Waals surface area contributed by atoms with Crippen LogP contribution in [0.25, 0.3) is 10.9 Å². The number of benzene rings is 2. The quantitative estimate of drug-likeness (QED) is 0.688. The summed E-state index contributed by atoms with van der Waals surface area (Å²) in [5.41, 5.74) is 1.53. The van der Waals surface area contributed by atoms with Crippen LogP contribution in [-0.2, 0) is 11.3 Å². The molecular weight excluding hydrogens is 367 g/mol. The van der Waals surface area contributed by atoms with Crippen molar-refractivity contribution in [3.05, 3.63) is 96.0 Å². The number of nitrogens with zero attached hydrogens (tertiary/aromatic N) is 1. The fourth-order valence-corrected chi connectivity index (χ4v) is 3.44. The molecule has 0 saturated carbocycles. The maximum absolute atomic E-state index is 13.3. The molecule has 1 N–H and O–H groups in total. The van der Waals surface area contributed by atoms with Crippen LogP contribution in [0.15, 0.2) is 84.6 Å². The molecule has 0 bridgehead atoms. The molecule has 0 saturated heterocycles. The monoisotopic (exact) mass is 388 g/mol. The zero-order valence-corrected chi connectivity index (χ0v) is 16.1. The number of carbonyl (C=O) groups is 1. The van der Waals surface area contributed by atoms with Gasteiger partial charge in [-0.3, -0.25) is 9.78 Å². The first-order valence-corrected chi connectivity index (χ1v) is 9.46. The molecule has 29 heavy (non-hydrogen) atoms. The fourth-order valence-electron chi connectivity index (χ4n) is 3.44. The van der Waals surface area contributed by atoms with Crippen molar-refractivity contribution in [3.63, 3.8) is 0 Å². The number of fused-ring (bicyclic) bond motifs is 1. The minimum atomic E-state index is -0.662. The van der Waals surface area contributed by atoms with Gasteiger partial charge in [-0.05, 0) is 48.9 Å². The van der Waals surface area contributed by atoms with Crippen LogP contribution in [0.5, 0.6) is 5.75 Å². The zero-order chi connectivity index (χ0) is 20.3. The number of aromatic nitrogens is 1. The van der Waals surface area contributed by atoms with Crippen molar-refractivity contribution < 1.29 is 13.9 Å². The second kappa shape index (κ2) is 7.87. The molecule has 1 aliphatic carbocycles. The number of ether oxygens (including phenoxy) is 1. The molecule has 3 aromatic rings. The summed E-state index contributed by atoms with van der Waals surface area (Å²) in [7, 11) is 0. The molecule has 0 radical (unpaired) electrons. The van der Waals surface area contributed by atoms with Crippen LogP contribution < -0.4 is 10.1 Å². The van der Waals surface area contributed by atoms with Crippen LogP contribution in [0, 0.1) is 5.82 Å². The van der Waals surface area contributed by atoms with Crippen LogP contribution in [-0.4, -0.2) is 16.5 Å². The smallest absolute Gasteiger partial charge is 0.247 e. The second-order valence-corrected chi connectivity index (χ2v) is 7.28. The van der Waals surface area contributed by atoms with E-state index in [1.807, 2.05) is 49.4 Å². The third kappa shape index (κ3) is 4.35. The molecule has 4 nitrogen and oxygen atoms in total. The molecule has 0 fully saturated rings. The van der Waals surface area contributed by atoms with Crippen LogP contribution in [0.1, 0.15) is 18.9 Å². The third-order valence-corrected chi connectivity index (χ3v) is 4.87. The van der Waals surface area contributed by atoms with Gasteiger partial charge >= 0.3 is 0 Å². The van der Waals surface area contributed by atoms with Crippen molar-refractivity contribution in [2.45, 2.75) is 25.5 Å². The number of allylic oxidation sites excluding steroid dienone is 2. The van der Waals surface area contributed by atoms with Crippen LogP contribution >= 0.6 is 0 Å². The molecule has 1 atom stereocenters. The van der Waals surface area contributed by atoms with Crippen molar-refractivity contribution in [1.82, 2.24) is 10.3 Å². The summed E-state index contributed by atoms with van der Waals surface area (Å²) >= 11 is 0. The number of para-hydroxylation sites is 1. The summed E-state index contributed by atoms with van der Waals surface area (Å²) in [6.07, 6.45) is 7.72. The minimum absolute atomic E-state index is 0.187. The van der Waals surface area contributed by atoms with Crippen LogP contribution in [0.4, 0.5) is 4.39 Å². The Morgan fingerprint density at radius 1 is 1.21 bits per heavy atom. The first kappa shape index (κ1) is 18.9. The Morgan fingerprint density at radius 3 is 2.93 bits per heavy atom.